The molecule has 0 aromatic rings. The Kier molecular flexibility index (Phi) is 4.05. The molecular weight excluding hydrogens is 218 g/mol. The minimum Gasteiger partial charge on any atom is -0.453 e. The van der Waals surface area contributed by atoms with Crippen LogP contribution in [0.1, 0.15) is 19.3 Å². The number of terminal acetylenes is 1. The van der Waals surface area contributed by atoms with E-state index in [9.17, 15) is 4.79 Å². The molecule has 1 saturated heterocycles. The van der Waals surface area contributed by atoms with Crippen molar-refractivity contribution >= 4 is 5.97 Å². The number of nitrogens with zero attached hydrogens (tertiary/aromatic N) is 1. The first-order valence-corrected chi connectivity index (χ1v) is 6.00. The van der Waals surface area contributed by atoms with Crippen molar-refractivity contribution in [3.05, 3.63) is 11.8 Å². The summed E-state index contributed by atoms with van der Waals surface area (Å²) in [5.74, 6) is 2.38. The second-order valence-corrected chi connectivity index (χ2v) is 4.19. The van der Waals surface area contributed by atoms with Gasteiger partial charge in [-0.2, -0.15) is 0 Å². The summed E-state index contributed by atoms with van der Waals surface area (Å²) >= 11 is 0. The minimum atomic E-state index is -0.211. The first-order valence-electron chi connectivity index (χ1n) is 6.00. The van der Waals surface area contributed by atoms with E-state index in [0.717, 1.165) is 32.4 Å². The zero-order chi connectivity index (χ0) is 12.1. The Balaban J connectivity index is 1.90. The SMILES string of the molecule is C#CCCCC1C=C(N2CCOCC2)C(=O)O1. The second-order valence-electron chi connectivity index (χ2n) is 4.19. The highest BCUT2D eigenvalue weighted by atomic mass is 16.5. The van der Waals surface area contributed by atoms with Crippen molar-refractivity contribution in [1.29, 1.82) is 0 Å². The molecule has 2 heterocycles. The van der Waals surface area contributed by atoms with E-state index < -0.39 is 0 Å². The van der Waals surface area contributed by atoms with Gasteiger partial charge < -0.3 is 14.4 Å². The van der Waals surface area contributed by atoms with Crippen molar-refractivity contribution in [3.8, 4) is 12.3 Å². The second kappa shape index (κ2) is 5.74. The van der Waals surface area contributed by atoms with Crippen LogP contribution in [0.5, 0.6) is 0 Å². The van der Waals surface area contributed by atoms with E-state index >= 15 is 0 Å². The number of cyclic esters (lactones) is 1. The molecule has 1 unspecified atom stereocenters. The number of carbonyl (C=O) groups excluding carboxylic acids is 1. The predicted molar refractivity (Wildman–Crippen MR) is 63.0 cm³/mol. The lowest BCUT2D eigenvalue weighted by Crippen LogP contribution is -2.37. The van der Waals surface area contributed by atoms with Crippen LogP contribution in [0, 0.1) is 12.3 Å². The molecule has 0 aromatic heterocycles. The maximum atomic E-state index is 11.7. The fourth-order valence-corrected chi connectivity index (χ4v) is 2.06. The van der Waals surface area contributed by atoms with Gasteiger partial charge in [-0.25, -0.2) is 4.79 Å². The van der Waals surface area contributed by atoms with Crippen LogP contribution < -0.4 is 0 Å². The highest BCUT2D eigenvalue weighted by Crippen LogP contribution is 2.21. The molecule has 0 saturated carbocycles. The van der Waals surface area contributed by atoms with Crippen LogP contribution >= 0.6 is 0 Å². The van der Waals surface area contributed by atoms with E-state index in [1.807, 2.05) is 11.0 Å². The van der Waals surface area contributed by atoms with Gasteiger partial charge in [-0.05, 0) is 18.9 Å². The average Bonchev–Trinajstić information content (AvgIpc) is 2.72. The van der Waals surface area contributed by atoms with E-state index in [1.54, 1.807) is 0 Å². The Morgan fingerprint density at radius 3 is 2.94 bits per heavy atom. The summed E-state index contributed by atoms with van der Waals surface area (Å²) in [6.45, 7) is 2.87. The number of hydrogen-bond acceptors (Lipinski definition) is 4. The summed E-state index contributed by atoms with van der Waals surface area (Å²) in [7, 11) is 0. The van der Waals surface area contributed by atoms with Crippen molar-refractivity contribution in [1.82, 2.24) is 4.90 Å². The molecule has 4 heteroatoms. The van der Waals surface area contributed by atoms with Gasteiger partial charge in [0.15, 0.2) is 0 Å². The zero-order valence-electron chi connectivity index (χ0n) is 9.85. The number of hydrogen-bond donors (Lipinski definition) is 0. The van der Waals surface area contributed by atoms with Crippen molar-refractivity contribution in [3.63, 3.8) is 0 Å². The lowest BCUT2D eigenvalue weighted by atomic mass is 10.1. The molecule has 17 heavy (non-hydrogen) atoms. The van der Waals surface area contributed by atoms with Gasteiger partial charge in [-0.1, -0.05) is 0 Å². The standard InChI is InChI=1S/C13H17NO3/c1-2-3-4-5-11-10-12(13(15)17-11)14-6-8-16-9-7-14/h1,10-11H,3-9H2. The summed E-state index contributed by atoms with van der Waals surface area (Å²) in [4.78, 5) is 13.7. The van der Waals surface area contributed by atoms with Gasteiger partial charge in [0.05, 0.1) is 13.2 Å². The Bertz CT molecular complexity index is 350. The van der Waals surface area contributed by atoms with Crippen LogP contribution in [0.15, 0.2) is 11.8 Å². The highest BCUT2D eigenvalue weighted by molar-refractivity contribution is 5.90. The van der Waals surface area contributed by atoms with Crippen LogP contribution in [0.2, 0.25) is 0 Å². The molecule has 2 aliphatic rings. The molecule has 92 valence electrons. The minimum absolute atomic E-state index is 0.103. The number of esters is 1. The fourth-order valence-electron chi connectivity index (χ4n) is 2.06. The molecule has 1 atom stereocenters. The van der Waals surface area contributed by atoms with Crippen LogP contribution in [0.4, 0.5) is 0 Å². The van der Waals surface area contributed by atoms with E-state index in [0.29, 0.717) is 18.9 Å². The molecule has 0 spiro atoms. The van der Waals surface area contributed by atoms with Crippen LogP contribution in [-0.2, 0) is 14.3 Å². The summed E-state index contributed by atoms with van der Waals surface area (Å²) < 4.78 is 10.5. The molecule has 0 aliphatic carbocycles. The summed E-state index contributed by atoms with van der Waals surface area (Å²) in [5.41, 5.74) is 0.694. The molecule has 0 N–H and O–H groups in total. The number of unbranched alkanes of at least 4 members (excludes halogenated alkanes) is 1. The van der Waals surface area contributed by atoms with E-state index in [-0.39, 0.29) is 12.1 Å². The molecule has 0 aromatic carbocycles. The third-order valence-corrected chi connectivity index (χ3v) is 2.97. The molecule has 1 fully saturated rings. The first kappa shape index (κ1) is 12.0. The fraction of sp³-hybridized carbons (Fsp3) is 0.615. The molecule has 2 aliphatic heterocycles. The number of rotatable bonds is 4. The largest absolute Gasteiger partial charge is 0.453 e. The van der Waals surface area contributed by atoms with Crippen LogP contribution in [-0.4, -0.2) is 43.3 Å². The maximum absolute atomic E-state index is 11.7. The summed E-state index contributed by atoms with van der Waals surface area (Å²) in [5, 5.41) is 0. The quantitative estimate of drug-likeness (QED) is 0.413. The number of morpholine rings is 1. The molecule has 4 nitrogen and oxygen atoms in total. The monoisotopic (exact) mass is 235 g/mol. The average molecular weight is 235 g/mol. The molecular formula is C13H17NO3. The van der Waals surface area contributed by atoms with Crippen molar-refractivity contribution in [2.75, 3.05) is 26.3 Å². The van der Waals surface area contributed by atoms with Gasteiger partial charge in [0.1, 0.15) is 11.8 Å². The van der Waals surface area contributed by atoms with Gasteiger partial charge in [0, 0.05) is 19.5 Å². The Hall–Kier alpha value is -1.47. The zero-order valence-corrected chi connectivity index (χ0v) is 9.85. The van der Waals surface area contributed by atoms with Crippen molar-refractivity contribution < 1.29 is 14.3 Å². The smallest absolute Gasteiger partial charge is 0.355 e. The normalized spacial score (nSPS) is 24.2. The predicted octanol–water partition coefficient (Wildman–Crippen LogP) is 0.931. The maximum Gasteiger partial charge on any atom is 0.355 e. The molecule has 2 rings (SSSR count). The van der Waals surface area contributed by atoms with Crippen molar-refractivity contribution in [2.45, 2.75) is 25.4 Å². The van der Waals surface area contributed by atoms with Gasteiger partial charge in [-0.15, -0.1) is 12.3 Å². The van der Waals surface area contributed by atoms with E-state index in [4.69, 9.17) is 15.9 Å². The molecule has 0 amide bonds. The number of ether oxygens (including phenoxy) is 2. The van der Waals surface area contributed by atoms with E-state index in [1.165, 1.54) is 0 Å². The lowest BCUT2D eigenvalue weighted by Gasteiger charge is -2.27. The van der Waals surface area contributed by atoms with E-state index in [2.05, 4.69) is 5.92 Å². The highest BCUT2D eigenvalue weighted by Gasteiger charge is 2.29. The third kappa shape index (κ3) is 3.01. The van der Waals surface area contributed by atoms with Crippen molar-refractivity contribution in [2.24, 2.45) is 0 Å². The molecule has 0 bridgehead atoms. The number of carbonyl (C=O) groups is 1. The van der Waals surface area contributed by atoms with Gasteiger partial charge in [0.2, 0.25) is 0 Å². The van der Waals surface area contributed by atoms with Crippen LogP contribution in [0.25, 0.3) is 0 Å². The first-order chi connectivity index (χ1) is 8.31. The lowest BCUT2D eigenvalue weighted by molar-refractivity contribution is -0.141. The summed E-state index contributed by atoms with van der Waals surface area (Å²) in [6, 6.07) is 0. The third-order valence-electron chi connectivity index (χ3n) is 2.97. The Labute approximate surface area is 102 Å². The van der Waals surface area contributed by atoms with Gasteiger partial charge in [0.25, 0.3) is 0 Å². The Morgan fingerprint density at radius 1 is 1.47 bits per heavy atom. The topological polar surface area (TPSA) is 38.8 Å². The summed E-state index contributed by atoms with van der Waals surface area (Å²) in [6.07, 6.45) is 9.44. The Morgan fingerprint density at radius 2 is 2.24 bits per heavy atom. The van der Waals surface area contributed by atoms with Crippen LogP contribution in [0.3, 0.4) is 0 Å². The van der Waals surface area contributed by atoms with Gasteiger partial charge >= 0.3 is 5.97 Å². The molecule has 0 radical (unpaired) electrons. The van der Waals surface area contributed by atoms with Gasteiger partial charge in [-0.3, -0.25) is 0 Å².